The monoisotopic (exact) mass is 1570 g/mol. The number of aromatic carboxylic acids is 1. The molecular weight excluding hydrogens is 1500 g/mol. The second-order valence-electron chi connectivity index (χ2n) is 17.6. The van der Waals surface area contributed by atoms with E-state index in [1.165, 1.54) is 38.8 Å². The second-order valence-corrected chi connectivity index (χ2v) is 23.5. The molecule has 7 N–H and O–H groups in total. The molecule has 0 bridgehead atoms. The number of primary amides is 2. The molecule has 0 unspecified atom stereocenters. The molecule has 8 nitrogen and oxygen atoms in total. The first-order valence-corrected chi connectivity index (χ1v) is 34.0. The molecule has 67 heavy (non-hydrogen) atoms. The van der Waals surface area contributed by atoms with Gasteiger partial charge in [0.1, 0.15) is 0 Å². The topological polar surface area (TPSA) is 159 Å². The number of amides is 2. The number of hydrogen-bond donors (Lipinski definition) is 4. The van der Waals surface area contributed by atoms with Crippen LogP contribution in [0, 0.1) is 30.3 Å². The van der Waals surface area contributed by atoms with Crippen molar-refractivity contribution in [2.75, 3.05) is 13.2 Å². The molecule has 1 heterocycles. The summed E-state index contributed by atoms with van der Waals surface area (Å²) >= 11 is 21.0. The summed E-state index contributed by atoms with van der Waals surface area (Å²) in [6, 6.07) is 22.8. The zero-order chi connectivity index (χ0) is 49.3. The number of carboxylic acids is 1. The Morgan fingerprint density at radius 3 is 1.22 bits per heavy atom. The van der Waals surface area contributed by atoms with Crippen LogP contribution in [0.1, 0.15) is 145 Å². The van der Waals surface area contributed by atoms with Gasteiger partial charge in [0, 0.05) is 53.2 Å². The summed E-state index contributed by atoms with van der Waals surface area (Å²) in [5, 5.41) is 8.66. The van der Waals surface area contributed by atoms with Crippen molar-refractivity contribution < 1.29 is 39.0 Å². The maximum atomic E-state index is 11.1. The fourth-order valence-electron chi connectivity index (χ4n) is 4.85. The minimum atomic E-state index is -0.907. The van der Waals surface area contributed by atoms with Gasteiger partial charge in [0.05, 0.1) is 16.7 Å². The molecule has 4 aromatic carbocycles. The van der Waals surface area contributed by atoms with E-state index in [-0.39, 0.29) is 41.5 Å². The summed E-state index contributed by atoms with van der Waals surface area (Å²) in [7, 11) is 0. The number of halogens is 7. The molecule has 0 aromatic heterocycles. The van der Waals surface area contributed by atoms with Gasteiger partial charge >= 0.3 is 40.5 Å². The van der Waals surface area contributed by atoms with Crippen LogP contribution in [0.4, 0.5) is 0 Å². The first-order chi connectivity index (χ1) is 28.9. The average molecular weight is 1570 g/mol. The van der Waals surface area contributed by atoms with Gasteiger partial charge in [0.25, 0.3) is 0 Å². The molecular formula is C50H74BBr4I3N3O5Zn. The second kappa shape index (κ2) is 40.5. The van der Waals surface area contributed by atoms with Gasteiger partial charge < -0.3 is 34.0 Å². The van der Waals surface area contributed by atoms with Gasteiger partial charge in [-0.25, -0.2) is 4.79 Å². The standard InChI is InChI=1S/C12H16BrNO.C12H18BrN.C7H5BrINO.C7H4BrIO2.C5H11.C4H8O.3CH4.B.HI.Zn/c1-12(2,3)7-8-4-5-10(13)9(6-8)11(14)15;1-12(2,3)7-9-4-5-11(13)10(6-9)8-14;2*8-6-2-1-4(9)3-5(6)7(10)11;1-5(2,3)4;1-2-4-5-3-1;;;;;;/h4-6H,7H2,1-3H3,(H2,14,15);4-6H,7-8,14H2,1-3H3;1-3H,(H2,10,11);1-3H,(H,10,11);1H2,2-4H3;1-4H2;3*1H4;;1H;/q;;;;-1;;;;;;;+2/p-1. The third kappa shape index (κ3) is 41.2. The zero-order valence-corrected chi connectivity index (χ0v) is 54.1. The van der Waals surface area contributed by atoms with Gasteiger partial charge in [-0.15, -0.1) is 0 Å². The van der Waals surface area contributed by atoms with Crippen LogP contribution < -0.4 is 17.2 Å². The van der Waals surface area contributed by atoms with Crippen LogP contribution >= 0.6 is 129 Å². The fourth-order valence-corrected chi connectivity index (χ4v) is 7.54. The van der Waals surface area contributed by atoms with Crippen LogP contribution in [0.25, 0.3) is 0 Å². The van der Waals surface area contributed by atoms with Crippen LogP contribution in [0.3, 0.4) is 0 Å². The molecule has 373 valence electrons. The first kappa shape index (κ1) is 78.4. The summed E-state index contributed by atoms with van der Waals surface area (Å²) in [5.41, 5.74) is 21.9. The molecule has 0 atom stereocenters. The molecule has 3 radical (unpaired) electrons. The number of rotatable bonds is 6. The molecule has 0 aliphatic carbocycles. The van der Waals surface area contributed by atoms with Crippen molar-refractivity contribution in [3.8, 4) is 0 Å². The summed E-state index contributed by atoms with van der Waals surface area (Å²) in [6.07, 6.45) is 4.58. The van der Waals surface area contributed by atoms with Crippen LogP contribution in [0.2, 0.25) is 0 Å². The fraction of sp³-hybridized carbons (Fsp3) is 0.440. The Morgan fingerprint density at radius 1 is 0.627 bits per heavy atom. The molecule has 4 aromatic rings. The SMILES string of the molecule is C.C.C.C1CCOC1.CC(C)(C)Cc1ccc(Br)c(C(N)=O)c1.CC(C)(C)Cc1ccc(Br)c(CN)c1.NC(=O)c1cc(I)ccc1Br.O=C(O)c1cc(I)ccc1Br.[B].[CH2-]C(C)(C)C.[Zn+][I]. The van der Waals surface area contributed by atoms with Crippen molar-refractivity contribution in [1.29, 1.82) is 0 Å². The number of hydrogen-bond acceptors (Lipinski definition) is 5. The van der Waals surface area contributed by atoms with Gasteiger partial charge in [-0.05, 0) is 201 Å². The molecule has 0 spiro atoms. The number of benzene rings is 4. The van der Waals surface area contributed by atoms with Gasteiger partial charge in [-0.1, -0.05) is 119 Å². The molecule has 1 aliphatic rings. The predicted octanol–water partition coefficient (Wildman–Crippen LogP) is 16.6. The third-order valence-corrected chi connectivity index (χ3v) is 11.5. The summed E-state index contributed by atoms with van der Waals surface area (Å²) in [6.45, 7) is 25.8. The van der Waals surface area contributed by atoms with Crippen LogP contribution in [-0.2, 0) is 38.9 Å². The Morgan fingerprint density at radius 2 is 0.940 bits per heavy atom. The Balaban J connectivity index is -0.000000169. The van der Waals surface area contributed by atoms with Gasteiger partial charge in [-0.2, -0.15) is 5.41 Å². The number of carbonyl (C=O) groups excluding carboxylic acids is 2. The van der Waals surface area contributed by atoms with Crippen LogP contribution in [0.15, 0.2) is 90.7 Å². The molecule has 17 heteroatoms. The number of ether oxygens (including phenoxy) is 1. The Bertz CT molecular complexity index is 1950. The Kier molecular flexibility index (Phi) is 47.4. The Hall–Kier alpha value is 0.00831. The number of carboxylic acid groups (broad SMARTS) is 1. The van der Waals surface area contributed by atoms with Gasteiger partial charge in [0.15, 0.2) is 0 Å². The number of carbonyl (C=O) groups is 3. The van der Waals surface area contributed by atoms with E-state index in [1.807, 2.05) is 36.4 Å². The van der Waals surface area contributed by atoms with Crippen molar-refractivity contribution in [1.82, 2.24) is 0 Å². The molecule has 1 fully saturated rings. The molecule has 1 aliphatic heterocycles. The summed E-state index contributed by atoms with van der Waals surface area (Å²) < 4.78 is 10.1. The van der Waals surface area contributed by atoms with E-state index in [0.29, 0.717) is 33.1 Å². The van der Waals surface area contributed by atoms with E-state index in [0.717, 1.165) is 52.2 Å². The molecule has 5 rings (SSSR count). The van der Waals surface area contributed by atoms with Crippen molar-refractivity contribution >= 4 is 155 Å². The Labute approximate surface area is 489 Å². The first-order valence-electron chi connectivity index (χ1n) is 19.6. The normalized spacial score (nSPS) is 11.0. The van der Waals surface area contributed by atoms with Crippen molar-refractivity contribution in [2.45, 2.75) is 117 Å². The van der Waals surface area contributed by atoms with Crippen molar-refractivity contribution in [2.24, 2.45) is 33.4 Å². The summed E-state index contributed by atoms with van der Waals surface area (Å²) in [5.74, 6) is -1.71. The van der Waals surface area contributed by atoms with Crippen LogP contribution in [-0.4, -0.2) is 44.5 Å². The molecule has 2 amide bonds. The van der Waals surface area contributed by atoms with Crippen LogP contribution in [0.5, 0.6) is 0 Å². The van der Waals surface area contributed by atoms with E-state index in [2.05, 4.69) is 216 Å². The minimum absolute atomic E-state index is 0. The maximum absolute atomic E-state index is 11.1. The van der Waals surface area contributed by atoms with E-state index >= 15 is 0 Å². The van der Waals surface area contributed by atoms with Gasteiger partial charge in [-0.3, -0.25) is 9.59 Å². The summed E-state index contributed by atoms with van der Waals surface area (Å²) in [4.78, 5) is 32.4. The average Bonchev–Trinajstić information content (AvgIpc) is 3.76. The van der Waals surface area contributed by atoms with E-state index in [1.54, 1.807) is 18.2 Å². The van der Waals surface area contributed by atoms with Gasteiger partial charge in [0.2, 0.25) is 11.8 Å². The van der Waals surface area contributed by atoms with E-state index < -0.39 is 17.8 Å². The molecule has 0 saturated carbocycles. The van der Waals surface area contributed by atoms with E-state index in [9.17, 15) is 14.4 Å². The van der Waals surface area contributed by atoms with Crippen molar-refractivity contribution in [3.05, 3.63) is 138 Å². The quantitative estimate of drug-likeness (QED) is 0.0855. The predicted molar refractivity (Wildman–Crippen MR) is 325 cm³/mol. The van der Waals surface area contributed by atoms with E-state index in [4.69, 9.17) is 27.0 Å². The zero-order valence-electron chi connectivity index (χ0n) is 38.3. The van der Waals surface area contributed by atoms with Crippen molar-refractivity contribution in [3.63, 3.8) is 0 Å². The number of nitrogens with two attached hydrogens (primary N) is 3. The molecule has 1 saturated heterocycles. The third-order valence-electron chi connectivity index (χ3n) is 7.28.